The van der Waals surface area contributed by atoms with Crippen LogP contribution in [0.3, 0.4) is 0 Å². The van der Waals surface area contributed by atoms with Crippen molar-refractivity contribution in [3.05, 3.63) is 99.8 Å². The number of rotatable bonds is 6. The molecular weight excluding hydrogens is 529 g/mol. The summed E-state index contributed by atoms with van der Waals surface area (Å²) in [4.78, 5) is 14.1. The first kappa shape index (κ1) is 25.6. The highest BCUT2D eigenvalue weighted by molar-refractivity contribution is 6.42. The lowest BCUT2D eigenvalue weighted by Crippen LogP contribution is -2.15. The maximum absolute atomic E-state index is 14.1. The second-order valence-electron chi connectivity index (χ2n) is 9.88. The third-order valence-electron chi connectivity index (χ3n) is 7.56. The summed E-state index contributed by atoms with van der Waals surface area (Å²) in [5, 5.41) is 4.16. The van der Waals surface area contributed by atoms with E-state index in [2.05, 4.69) is 51.7 Å². The van der Waals surface area contributed by atoms with E-state index in [4.69, 9.17) is 27.9 Å². The molecule has 0 spiro atoms. The summed E-state index contributed by atoms with van der Waals surface area (Å²) in [7, 11) is 1.63. The summed E-state index contributed by atoms with van der Waals surface area (Å²) >= 11 is 12.6. The first-order chi connectivity index (χ1) is 19.0. The van der Waals surface area contributed by atoms with E-state index in [1.165, 1.54) is 11.1 Å². The van der Waals surface area contributed by atoms with Crippen LogP contribution in [0.4, 0.5) is 5.69 Å². The minimum atomic E-state index is -0.158. The molecule has 0 saturated carbocycles. The molecule has 1 aliphatic rings. The van der Waals surface area contributed by atoms with Crippen molar-refractivity contribution in [3.8, 4) is 28.1 Å². The van der Waals surface area contributed by atoms with Crippen LogP contribution in [-0.2, 0) is 19.4 Å². The highest BCUT2D eigenvalue weighted by Gasteiger charge is 2.29. The lowest BCUT2D eigenvalue weighted by atomic mass is 9.96. The Morgan fingerprint density at radius 1 is 0.949 bits per heavy atom. The molecule has 6 rings (SSSR count). The molecule has 7 heteroatoms. The van der Waals surface area contributed by atoms with Gasteiger partial charge in [0.15, 0.2) is 0 Å². The summed E-state index contributed by atoms with van der Waals surface area (Å²) in [6.07, 6.45) is 6.02. The maximum Gasteiger partial charge on any atom is 0.273 e. The summed E-state index contributed by atoms with van der Waals surface area (Å²) in [5.41, 5.74) is 8.89. The molecule has 1 amide bonds. The summed E-state index contributed by atoms with van der Waals surface area (Å²) in [5.74, 6) is 0.581. The third-order valence-corrected chi connectivity index (χ3v) is 8.30. The average molecular weight is 559 g/mol. The normalized spacial score (nSPS) is 12.9. The monoisotopic (exact) mass is 557 g/mol. The highest BCUT2D eigenvalue weighted by Crippen LogP contribution is 2.40. The molecule has 2 aromatic heterocycles. The minimum Gasteiger partial charge on any atom is -0.497 e. The molecule has 198 valence electrons. The number of methoxy groups -OCH3 is 1. The first-order valence-electron chi connectivity index (χ1n) is 13.2. The predicted molar refractivity (Wildman–Crippen MR) is 160 cm³/mol. The number of aryl methyl sites for hydroxylation is 3. The van der Waals surface area contributed by atoms with Gasteiger partial charge in [0.25, 0.3) is 5.91 Å². The third kappa shape index (κ3) is 4.60. The number of nitrogens with zero attached hydrogens (tertiary/aromatic N) is 2. The van der Waals surface area contributed by atoms with Crippen molar-refractivity contribution in [2.24, 2.45) is 0 Å². The SMILES string of the molecule is CCc1ccc(-c2c3c4n(c(-c5ccc(Cl)c(Cl)c5)cn4c2C(=O)Nc2ccc(OC)cc2)CCCC3)cc1. The second kappa shape index (κ2) is 10.5. The molecule has 5 nitrogen and oxygen atoms in total. The quantitative estimate of drug-likeness (QED) is 0.227. The Kier molecular flexibility index (Phi) is 6.88. The molecule has 1 N–H and O–H groups in total. The van der Waals surface area contributed by atoms with Crippen LogP contribution < -0.4 is 10.1 Å². The van der Waals surface area contributed by atoms with E-state index in [-0.39, 0.29) is 5.91 Å². The Balaban J connectivity index is 1.57. The molecule has 0 fully saturated rings. The Morgan fingerprint density at radius 3 is 2.38 bits per heavy atom. The number of anilines is 1. The van der Waals surface area contributed by atoms with E-state index in [1.807, 2.05) is 42.5 Å². The number of amides is 1. The maximum atomic E-state index is 14.1. The molecule has 0 atom stereocenters. The lowest BCUT2D eigenvalue weighted by molar-refractivity contribution is 0.102. The van der Waals surface area contributed by atoms with Gasteiger partial charge in [-0.25, -0.2) is 0 Å². The van der Waals surface area contributed by atoms with Crippen LogP contribution in [-0.4, -0.2) is 22.0 Å². The van der Waals surface area contributed by atoms with Crippen molar-refractivity contribution in [2.45, 2.75) is 39.2 Å². The van der Waals surface area contributed by atoms with Crippen molar-refractivity contribution in [1.29, 1.82) is 0 Å². The van der Waals surface area contributed by atoms with E-state index in [9.17, 15) is 4.79 Å². The molecule has 5 aromatic rings. The van der Waals surface area contributed by atoms with Gasteiger partial charge in [0, 0.05) is 35.1 Å². The Morgan fingerprint density at radius 2 is 1.69 bits per heavy atom. The Hall–Kier alpha value is -3.67. The van der Waals surface area contributed by atoms with Gasteiger partial charge >= 0.3 is 0 Å². The molecule has 3 heterocycles. The van der Waals surface area contributed by atoms with Crippen molar-refractivity contribution < 1.29 is 9.53 Å². The molecule has 0 saturated heterocycles. The van der Waals surface area contributed by atoms with E-state index >= 15 is 0 Å². The molecule has 0 aliphatic carbocycles. The van der Waals surface area contributed by atoms with E-state index < -0.39 is 0 Å². The van der Waals surface area contributed by atoms with Gasteiger partial charge in [-0.05, 0) is 73.2 Å². The molecule has 3 aromatic carbocycles. The number of benzene rings is 3. The standard InChI is InChI=1S/C32H29Cl2N3O2/c1-3-20-7-9-21(10-8-20)29-25-6-4-5-17-36-28(22-11-16-26(33)27(34)18-22)19-37(32(25)36)30(29)31(38)35-23-12-14-24(39-2)15-13-23/h7-16,18-19H,3-6,17H2,1-2H3,(H,35,38). The Labute approximate surface area is 237 Å². The van der Waals surface area contributed by atoms with Crippen molar-refractivity contribution >= 4 is 40.4 Å². The number of carbonyl (C=O) groups is 1. The zero-order valence-corrected chi connectivity index (χ0v) is 23.4. The van der Waals surface area contributed by atoms with E-state index in [0.717, 1.165) is 66.0 Å². The van der Waals surface area contributed by atoms with Crippen LogP contribution in [0.15, 0.2) is 72.9 Å². The Bertz CT molecular complexity index is 1680. The summed E-state index contributed by atoms with van der Waals surface area (Å²) in [6.45, 7) is 3.01. The van der Waals surface area contributed by atoms with Gasteiger partial charge in [-0.3, -0.25) is 9.20 Å². The summed E-state index contributed by atoms with van der Waals surface area (Å²) < 4.78 is 9.68. The molecule has 1 aliphatic heterocycles. The molecule has 39 heavy (non-hydrogen) atoms. The van der Waals surface area contributed by atoms with Crippen LogP contribution in [0.2, 0.25) is 10.0 Å². The first-order valence-corrected chi connectivity index (χ1v) is 14.0. The number of nitrogens with one attached hydrogen (secondary N) is 1. The van der Waals surface area contributed by atoms with E-state index in [1.54, 1.807) is 7.11 Å². The van der Waals surface area contributed by atoms with Gasteiger partial charge in [0.05, 0.1) is 22.8 Å². The van der Waals surface area contributed by atoms with Gasteiger partial charge in [0.1, 0.15) is 17.1 Å². The van der Waals surface area contributed by atoms with Crippen molar-refractivity contribution in [3.63, 3.8) is 0 Å². The zero-order chi connectivity index (χ0) is 27.1. The number of hydrogen-bond donors (Lipinski definition) is 1. The van der Waals surface area contributed by atoms with Crippen molar-refractivity contribution in [1.82, 2.24) is 8.97 Å². The van der Waals surface area contributed by atoms with Gasteiger partial charge in [-0.1, -0.05) is 60.5 Å². The smallest absolute Gasteiger partial charge is 0.273 e. The number of ether oxygens (including phenoxy) is 1. The van der Waals surface area contributed by atoms with Crippen LogP contribution in [0.1, 0.15) is 41.4 Å². The number of hydrogen-bond acceptors (Lipinski definition) is 2. The predicted octanol–water partition coefficient (Wildman–Crippen LogP) is 8.54. The fraction of sp³-hybridized carbons (Fsp3) is 0.219. The number of carbonyl (C=O) groups excluding carboxylic acids is 1. The molecule has 0 bridgehead atoms. The minimum absolute atomic E-state index is 0.158. The average Bonchev–Trinajstić information content (AvgIpc) is 3.38. The highest BCUT2D eigenvalue weighted by atomic mass is 35.5. The van der Waals surface area contributed by atoms with Gasteiger partial charge in [-0.15, -0.1) is 0 Å². The summed E-state index contributed by atoms with van der Waals surface area (Å²) in [6, 6.07) is 21.7. The van der Waals surface area contributed by atoms with Crippen LogP contribution in [0.25, 0.3) is 28.0 Å². The number of halogens is 2. The topological polar surface area (TPSA) is 47.7 Å². The van der Waals surface area contributed by atoms with E-state index in [0.29, 0.717) is 21.4 Å². The largest absolute Gasteiger partial charge is 0.497 e. The van der Waals surface area contributed by atoms with Crippen LogP contribution in [0, 0.1) is 0 Å². The fourth-order valence-electron chi connectivity index (χ4n) is 5.58. The lowest BCUT2D eigenvalue weighted by Gasteiger charge is -2.11. The number of imidazole rings is 1. The van der Waals surface area contributed by atoms with Gasteiger partial charge < -0.3 is 14.6 Å². The fourth-order valence-corrected chi connectivity index (χ4v) is 5.88. The second-order valence-corrected chi connectivity index (χ2v) is 10.7. The zero-order valence-electron chi connectivity index (χ0n) is 21.9. The van der Waals surface area contributed by atoms with Crippen molar-refractivity contribution in [2.75, 3.05) is 12.4 Å². The molecule has 0 unspecified atom stereocenters. The van der Waals surface area contributed by atoms with Crippen LogP contribution in [0.5, 0.6) is 5.75 Å². The van der Waals surface area contributed by atoms with Gasteiger partial charge in [0.2, 0.25) is 0 Å². The van der Waals surface area contributed by atoms with Crippen LogP contribution >= 0.6 is 23.2 Å². The molecular formula is C32H29Cl2N3O2. The molecule has 0 radical (unpaired) electrons. The van der Waals surface area contributed by atoms with Gasteiger partial charge in [-0.2, -0.15) is 0 Å². The number of aromatic nitrogens is 2.